The lowest BCUT2D eigenvalue weighted by Gasteiger charge is -2.20. The van der Waals surface area contributed by atoms with Crippen LogP contribution < -0.4 is 10.1 Å². The van der Waals surface area contributed by atoms with Crippen molar-refractivity contribution in [2.75, 3.05) is 20.2 Å². The smallest absolute Gasteiger partial charge is 0.422 e. The third-order valence-corrected chi connectivity index (χ3v) is 3.01. The van der Waals surface area contributed by atoms with Crippen LogP contribution in [-0.2, 0) is 11.3 Å². The summed E-state index contributed by atoms with van der Waals surface area (Å²) in [5, 5.41) is 11.3. The van der Waals surface area contributed by atoms with Gasteiger partial charge in [-0.2, -0.15) is 13.2 Å². The van der Waals surface area contributed by atoms with Crippen LogP contribution in [0.5, 0.6) is 5.75 Å². The number of carbonyl (C=O) groups is 2. The number of hydrogen-bond donors (Lipinski definition) is 2. The van der Waals surface area contributed by atoms with E-state index in [1.165, 1.54) is 31.1 Å². The predicted molar refractivity (Wildman–Crippen MR) is 77.5 cm³/mol. The Hall–Kier alpha value is -2.52. The van der Waals surface area contributed by atoms with Crippen LogP contribution in [0.2, 0.25) is 0 Å². The number of alkyl halides is 3. The average Bonchev–Trinajstić information content (AvgIpc) is 2.50. The number of urea groups is 1. The molecule has 1 heterocycles. The summed E-state index contributed by atoms with van der Waals surface area (Å²) in [7, 11) is 1.42. The summed E-state index contributed by atoms with van der Waals surface area (Å²) in [5.41, 5.74) is 0.322. The molecule has 0 saturated carbocycles. The van der Waals surface area contributed by atoms with Crippen molar-refractivity contribution < 1.29 is 32.6 Å². The molecule has 134 valence electrons. The first-order valence-electron chi connectivity index (χ1n) is 6.94. The van der Waals surface area contributed by atoms with E-state index in [0.29, 0.717) is 5.56 Å². The third kappa shape index (κ3) is 6.71. The van der Waals surface area contributed by atoms with Crippen LogP contribution in [0.4, 0.5) is 18.0 Å². The molecule has 1 rings (SSSR count). The van der Waals surface area contributed by atoms with E-state index in [4.69, 9.17) is 5.11 Å². The second-order valence-corrected chi connectivity index (χ2v) is 5.17. The van der Waals surface area contributed by atoms with E-state index in [9.17, 15) is 22.8 Å². The number of halogens is 3. The van der Waals surface area contributed by atoms with Crippen molar-refractivity contribution in [1.82, 2.24) is 15.2 Å². The first kappa shape index (κ1) is 19.5. The molecule has 0 aliphatic rings. The molecule has 0 bridgehead atoms. The fourth-order valence-corrected chi connectivity index (χ4v) is 1.72. The minimum atomic E-state index is -4.48. The number of nitrogens with one attached hydrogen (secondary N) is 1. The van der Waals surface area contributed by atoms with Crippen LogP contribution in [-0.4, -0.2) is 53.4 Å². The van der Waals surface area contributed by atoms with Crippen LogP contribution in [0.25, 0.3) is 0 Å². The maximum atomic E-state index is 12.2. The lowest BCUT2D eigenvalue weighted by Crippen LogP contribution is -2.40. The summed E-state index contributed by atoms with van der Waals surface area (Å²) < 4.78 is 41.3. The number of rotatable bonds is 7. The van der Waals surface area contributed by atoms with Crippen LogP contribution >= 0.6 is 0 Å². The highest BCUT2D eigenvalue weighted by Gasteiger charge is 2.29. The topological polar surface area (TPSA) is 91.8 Å². The molecule has 1 unspecified atom stereocenters. The molecular weight excluding hydrogens is 331 g/mol. The number of ether oxygens (including phenoxy) is 1. The van der Waals surface area contributed by atoms with Gasteiger partial charge in [0, 0.05) is 31.9 Å². The first-order valence-corrected chi connectivity index (χ1v) is 6.94. The summed E-state index contributed by atoms with van der Waals surface area (Å²) in [4.78, 5) is 27.5. The van der Waals surface area contributed by atoms with E-state index in [0.717, 1.165) is 6.20 Å². The molecule has 0 radical (unpaired) electrons. The summed E-state index contributed by atoms with van der Waals surface area (Å²) >= 11 is 0. The van der Waals surface area contributed by atoms with Gasteiger partial charge in [-0.1, -0.05) is 6.92 Å². The Labute approximate surface area is 136 Å². The number of pyridine rings is 1. The second-order valence-electron chi connectivity index (χ2n) is 5.17. The minimum Gasteiger partial charge on any atom is -0.482 e. The lowest BCUT2D eigenvalue weighted by molar-refractivity contribution is -0.153. The van der Waals surface area contributed by atoms with Crippen LogP contribution in [0.3, 0.4) is 0 Å². The maximum Gasteiger partial charge on any atom is 0.422 e. The van der Waals surface area contributed by atoms with Crippen LogP contribution in [0.15, 0.2) is 18.5 Å². The van der Waals surface area contributed by atoms with Gasteiger partial charge in [-0.25, -0.2) is 4.79 Å². The van der Waals surface area contributed by atoms with E-state index in [1.807, 2.05) is 0 Å². The maximum absolute atomic E-state index is 12.2. The van der Waals surface area contributed by atoms with Crippen molar-refractivity contribution in [2.24, 2.45) is 5.92 Å². The van der Waals surface area contributed by atoms with Crippen molar-refractivity contribution in [3.05, 3.63) is 24.0 Å². The number of carbonyl (C=O) groups excluding carboxylic acids is 1. The number of aliphatic carboxylic acids is 1. The monoisotopic (exact) mass is 349 g/mol. The Morgan fingerprint density at radius 2 is 2.12 bits per heavy atom. The van der Waals surface area contributed by atoms with Gasteiger partial charge >= 0.3 is 18.2 Å². The largest absolute Gasteiger partial charge is 0.482 e. The van der Waals surface area contributed by atoms with E-state index in [-0.39, 0.29) is 18.8 Å². The third-order valence-electron chi connectivity index (χ3n) is 3.01. The molecule has 7 nitrogen and oxygen atoms in total. The highest BCUT2D eigenvalue weighted by Crippen LogP contribution is 2.21. The van der Waals surface area contributed by atoms with Crippen molar-refractivity contribution in [1.29, 1.82) is 0 Å². The number of nitrogens with zero attached hydrogens (tertiary/aromatic N) is 2. The highest BCUT2D eigenvalue weighted by atomic mass is 19.4. The summed E-state index contributed by atoms with van der Waals surface area (Å²) in [5.74, 6) is -1.87. The Bertz CT molecular complexity index is 581. The van der Waals surface area contributed by atoms with Crippen molar-refractivity contribution in [2.45, 2.75) is 19.6 Å². The molecule has 0 aromatic carbocycles. The normalized spacial score (nSPS) is 12.4. The zero-order chi connectivity index (χ0) is 18.3. The molecule has 2 N–H and O–H groups in total. The van der Waals surface area contributed by atoms with Gasteiger partial charge in [0.25, 0.3) is 0 Å². The Morgan fingerprint density at radius 3 is 2.71 bits per heavy atom. The van der Waals surface area contributed by atoms with Crippen molar-refractivity contribution >= 4 is 12.0 Å². The average molecular weight is 349 g/mol. The number of aromatic nitrogens is 1. The highest BCUT2D eigenvalue weighted by molar-refractivity contribution is 5.75. The molecule has 1 aromatic rings. The van der Waals surface area contributed by atoms with Crippen molar-refractivity contribution in [3.63, 3.8) is 0 Å². The predicted octanol–water partition coefficient (Wildman–Crippen LogP) is 1.88. The first-order chi connectivity index (χ1) is 11.1. The Morgan fingerprint density at radius 1 is 1.46 bits per heavy atom. The van der Waals surface area contributed by atoms with Gasteiger partial charge in [0.15, 0.2) is 6.61 Å². The quantitative estimate of drug-likeness (QED) is 0.784. The molecule has 24 heavy (non-hydrogen) atoms. The molecule has 1 aromatic heterocycles. The molecule has 0 saturated heterocycles. The second kappa shape index (κ2) is 8.37. The Kier molecular flexibility index (Phi) is 6.81. The Balaban J connectivity index is 2.60. The molecule has 0 fully saturated rings. The van der Waals surface area contributed by atoms with Crippen LogP contribution in [0, 0.1) is 5.92 Å². The summed E-state index contributed by atoms with van der Waals surface area (Å²) in [6.07, 6.45) is -1.99. The van der Waals surface area contributed by atoms with Gasteiger partial charge < -0.3 is 20.1 Å². The fourth-order valence-electron chi connectivity index (χ4n) is 1.72. The minimum absolute atomic E-state index is 0.00502. The zero-order valence-electron chi connectivity index (χ0n) is 13.1. The number of hydrogen-bond acceptors (Lipinski definition) is 4. The zero-order valence-corrected chi connectivity index (χ0v) is 13.1. The molecule has 0 aliphatic carbocycles. The van der Waals surface area contributed by atoms with E-state index in [2.05, 4.69) is 15.0 Å². The summed E-state index contributed by atoms with van der Waals surface area (Å²) in [6, 6.07) is 0.868. The van der Waals surface area contributed by atoms with Gasteiger partial charge in [0.2, 0.25) is 0 Å². The molecule has 1 atom stereocenters. The number of amides is 2. The van der Waals surface area contributed by atoms with E-state index >= 15 is 0 Å². The fraction of sp³-hybridized carbons (Fsp3) is 0.500. The van der Waals surface area contributed by atoms with Gasteiger partial charge in [-0.05, 0) is 6.07 Å². The van der Waals surface area contributed by atoms with Gasteiger partial charge in [0.1, 0.15) is 5.75 Å². The van der Waals surface area contributed by atoms with Gasteiger partial charge in [0.05, 0.1) is 12.1 Å². The standard InChI is InChI=1S/C14H18F3N3O4/c1-9(12(21)22)7-20(2)13(23)19-5-10-3-4-18-6-11(10)24-8-14(15,16)17/h3-4,6,9H,5,7-8H2,1-2H3,(H,19,23)(H,21,22). The molecule has 0 spiro atoms. The SMILES string of the molecule is CC(CN(C)C(=O)NCc1ccncc1OCC(F)(F)F)C(=O)O. The lowest BCUT2D eigenvalue weighted by atomic mass is 10.2. The van der Waals surface area contributed by atoms with Gasteiger partial charge in [-0.3, -0.25) is 9.78 Å². The number of carboxylic acids is 1. The molecule has 2 amide bonds. The van der Waals surface area contributed by atoms with E-state index in [1.54, 1.807) is 0 Å². The molecule has 0 aliphatic heterocycles. The van der Waals surface area contributed by atoms with Crippen molar-refractivity contribution in [3.8, 4) is 5.75 Å². The van der Waals surface area contributed by atoms with Gasteiger partial charge in [-0.15, -0.1) is 0 Å². The van der Waals surface area contributed by atoms with Crippen LogP contribution in [0.1, 0.15) is 12.5 Å². The summed E-state index contributed by atoms with van der Waals surface area (Å²) in [6.45, 7) is -0.0942. The molecule has 10 heteroatoms. The molecular formula is C14H18F3N3O4. The van der Waals surface area contributed by atoms with E-state index < -0.39 is 30.7 Å². The number of carboxylic acid groups (broad SMARTS) is 1.